The number of hydrogen-bond donors (Lipinski definition) is 0. The Morgan fingerprint density at radius 3 is 2.17 bits per heavy atom. The zero-order valence-corrected chi connectivity index (χ0v) is 10.2. The molecular formula is C8H6B10. The highest BCUT2D eigenvalue weighted by Gasteiger charge is 3.05. The van der Waals surface area contributed by atoms with Gasteiger partial charge in [0.05, 0.1) is 13.1 Å². The van der Waals surface area contributed by atoms with E-state index in [9.17, 15) is 0 Å². The summed E-state index contributed by atoms with van der Waals surface area (Å²) in [6.45, 7) is 3.54. The summed E-state index contributed by atoms with van der Waals surface area (Å²) in [7, 11) is 0. The van der Waals surface area contributed by atoms with E-state index in [1.807, 2.05) is 0 Å². The summed E-state index contributed by atoms with van der Waals surface area (Å²) >= 11 is 0. The Kier molecular flexibility index (Phi) is 0.883. The summed E-state index contributed by atoms with van der Waals surface area (Å²) in [4.78, 5) is 0. The van der Waals surface area contributed by atoms with Crippen molar-refractivity contribution >= 4 is 64.3 Å². The van der Waals surface area contributed by atoms with E-state index in [2.05, 4.69) is 30.3 Å². The smallest absolute Gasteiger partial charge is 0.0938 e. The van der Waals surface area contributed by atoms with Crippen LogP contribution in [0.2, 0.25) is 5.72 Å². The van der Waals surface area contributed by atoms with Gasteiger partial charge in [-0.05, 0) is 0 Å². The minimum Gasteiger partial charge on any atom is -0.108 e. The largest absolute Gasteiger partial charge is 0.108 e. The monoisotopic (exact) mass is 212 g/mol. The average Bonchev–Trinajstić information content (AvgIpc) is 3.24. The first-order chi connectivity index (χ1) is 8.97. The van der Waals surface area contributed by atoms with Gasteiger partial charge in [0.25, 0.3) is 0 Å². The van der Waals surface area contributed by atoms with Crippen LogP contribution in [0.4, 0.5) is 0 Å². The summed E-state index contributed by atoms with van der Waals surface area (Å²) in [5, 5.41) is 0.745. The van der Waals surface area contributed by atoms with E-state index in [4.69, 9.17) is 0 Å². The molecule has 1 aromatic carbocycles. The summed E-state index contributed by atoms with van der Waals surface area (Å²) in [5.74, 6) is 0. The summed E-state index contributed by atoms with van der Waals surface area (Å²) < 4.78 is 0. The van der Waals surface area contributed by atoms with Gasteiger partial charge < -0.3 is 0 Å². The van der Waals surface area contributed by atoms with Crippen molar-refractivity contribution in [3.05, 3.63) is 35.9 Å². The molecule has 0 nitrogen and oxygen atoms in total. The molecule has 2 atom stereocenters. The SMILES string of the molecule is c1ccc(C23B4B5B6B7B6B7B(B54)B4B2C43)cc1. The number of hydrogen-bond acceptors (Lipinski definition) is 0. The molecule has 8 aliphatic heterocycles. The van der Waals surface area contributed by atoms with E-state index in [-0.39, 0.29) is 0 Å². The van der Waals surface area contributed by atoms with E-state index < -0.39 is 0 Å². The predicted molar refractivity (Wildman–Crippen MR) is 89.4 cm³/mol. The van der Waals surface area contributed by atoms with Crippen LogP contribution in [0.25, 0.3) is 0 Å². The van der Waals surface area contributed by atoms with Crippen LogP contribution >= 0.6 is 0 Å². The Balaban J connectivity index is 1.37. The van der Waals surface area contributed by atoms with Crippen LogP contribution in [0.3, 0.4) is 0 Å². The average molecular weight is 210 g/mol. The zero-order chi connectivity index (χ0) is 11.0. The van der Waals surface area contributed by atoms with Crippen molar-refractivity contribution in [3.63, 3.8) is 0 Å². The van der Waals surface area contributed by atoms with Gasteiger partial charge in [0.2, 0.25) is 0 Å². The van der Waals surface area contributed by atoms with E-state index in [1.54, 1.807) is 5.56 Å². The Labute approximate surface area is 111 Å². The van der Waals surface area contributed by atoms with Crippen LogP contribution in [0.5, 0.6) is 0 Å². The first-order valence-corrected chi connectivity index (χ1v) is 8.03. The van der Waals surface area contributed by atoms with Crippen molar-refractivity contribution in [3.8, 4) is 0 Å². The molecule has 0 aliphatic carbocycles. The molecule has 68 valence electrons. The second kappa shape index (κ2) is 1.93. The van der Waals surface area contributed by atoms with Crippen LogP contribution in [0, 0.1) is 0 Å². The minimum atomic E-state index is 0.745. The molecule has 8 fully saturated rings. The molecule has 0 saturated carbocycles. The van der Waals surface area contributed by atoms with Crippen molar-refractivity contribution < 1.29 is 0 Å². The highest BCUT2D eigenvalue weighted by Crippen LogP contribution is 2.82. The van der Waals surface area contributed by atoms with Gasteiger partial charge in [-0.2, -0.15) is 0 Å². The van der Waals surface area contributed by atoms with E-state index >= 15 is 0 Å². The second-order valence-electron chi connectivity index (χ2n) is 8.50. The standard InChI is InChI=1S/C8H6B10/c1-2-4-6(5-3-1)8-7-9(8)10(7)12-13-11(8)14(13)16-17-15(12)18(16)17/h1-5,7H. The molecule has 2 bridgehead atoms. The molecule has 8 aliphatic rings. The van der Waals surface area contributed by atoms with Gasteiger partial charge in [-0.25, -0.2) is 0 Å². The first-order valence-electron chi connectivity index (χ1n) is 8.03. The fraction of sp³-hybridized carbons (Fsp3) is 0.250. The lowest BCUT2D eigenvalue weighted by molar-refractivity contribution is 1.04. The topological polar surface area (TPSA) is 0 Å². The van der Waals surface area contributed by atoms with E-state index in [1.165, 1.54) is 51.2 Å². The van der Waals surface area contributed by atoms with Crippen molar-refractivity contribution in [2.75, 3.05) is 0 Å². The molecule has 0 N–H and O–H groups in total. The second-order valence-corrected chi connectivity index (χ2v) is 8.50. The first kappa shape index (κ1) is 8.22. The maximum absolute atomic E-state index is 2.45. The molecule has 8 heterocycles. The Bertz CT molecular complexity index is 639. The van der Waals surface area contributed by atoms with Crippen LogP contribution in [-0.2, 0) is 5.21 Å². The van der Waals surface area contributed by atoms with Gasteiger partial charge in [0.1, 0.15) is 0 Å². The molecule has 0 radical (unpaired) electrons. The lowest BCUT2D eigenvalue weighted by Crippen LogP contribution is -2.68. The molecule has 10 heteroatoms. The Morgan fingerprint density at radius 2 is 1.39 bits per heavy atom. The lowest BCUT2D eigenvalue weighted by Gasteiger charge is -2.38. The molecule has 0 aromatic heterocycles. The molecular weight excluding hydrogens is 204 g/mol. The van der Waals surface area contributed by atoms with Crippen molar-refractivity contribution in [2.24, 2.45) is 0 Å². The number of fused-ring (bicyclic) bond motifs is 3. The molecule has 0 amide bonds. The molecule has 18 heavy (non-hydrogen) atoms. The van der Waals surface area contributed by atoms with Crippen molar-refractivity contribution in [1.29, 1.82) is 0 Å². The van der Waals surface area contributed by atoms with E-state index in [0.29, 0.717) is 0 Å². The van der Waals surface area contributed by atoms with Crippen LogP contribution in [-0.4, -0.2) is 64.3 Å². The van der Waals surface area contributed by atoms with Crippen molar-refractivity contribution in [2.45, 2.75) is 10.9 Å². The summed E-state index contributed by atoms with van der Waals surface area (Å²) in [6.07, 6.45) is 8.75. The third-order valence-corrected chi connectivity index (χ3v) is 8.75. The van der Waals surface area contributed by atoms with Gasteiger partial charge in [-0.1, -0.05) is 41.1 Å². The lowest BCUT2D eigenvalue weighted by atomic mass is 8.55. The van der Waals surface area contributed by atoms with Crippen LogP contribution in [0.15, 0.2) is 30.3 Å². The quantitative estimate of drug-likeness (QED) is 0.469. The van der Waals surface area contributed by atoms with Gasteiger partial charge in [0, 0.05) is 51.2 Å². The minimum absolute atomic E-state index is 0.745. The number of rotatable bonds is 1. The Morgan fingerprint density at radius 1 is 0.778 bits per heavy atom. The fourth-order valence-corrected chi connectivity index (χ4v) is 8.47. The van der Waals surface area contributed by atoms with Gasteiger partial charge in [-0.15, -0.1) is 5.72 Å². The van der Waals surface area contributed by atoms with Gasteiger partial charge >= 0.3 is 0 Å². The molecule has 9 rings (SSSR count). The fourth-order valence-electron chi connectivity index (χ4n) is 8.47. The highest BCUT2D eigenvalue weighted by atomic mass is 14.5. The predicted octanol–water partition coefficient (Wildman–Crippen LogP) is -2.03. The number of benzene rings is 1. The molecule has 1 aromatic rings. The molecule has 0 spiro atoms. The molecule has 2 unspecified atom stereocenters. The van der Waals surface area contributed by atoms with E-state index in [0.717, 1.165) is 24.0 Å². The normalized spacial score (nSPS) is 39.9. The third-order valence-electron chi connectivity index (χ3n) is 8.75. The van der Waals surface area contributed by atoms with Crippen molar-refractivity contribution in [1.82, 2.24) is 0 Å². The zero-order valence-electron chi connectivity index (χ0n) is 10.2. The molecule has 8 saturated heterocycles. The maximum atomic E-state index is 2.45. The van der Waals surface area contributed by atoms with Crippen LogP contribution < -0.4 is 0 Å². The summed E-state index contributed by atoms with van der Waals surface area (Å²) in [5.41, 5.74) is 2.90. The summed E-state index contributed by atoms with van der Waals surface area (Å²) in [6, 6.07) is 11.6. The van der Waals surface area contributed by atoms with Crippen LogP contribution in [0.1, 0.15) is 5.56 Å². The maximum Gasteiger partial charge on any atom is 0.0938 e. The highest BCUT2D eigenvalue weighted by molar-refractivity contribution is 8.65. The Hall–Kier alpha value is -0.131. The third kappa shape index (κ3) is 0.523. The van der Waals surface area contributed by atoms with Gasteiger partial charge in [0.15, 0.2) is 0 Å². The van der Waals surface area contributed by atoms with Gasteiger partial charge in [-0.3, -0.25) is 0 Å².